The maximum Gasteiger partial charge on any atom is 0.220 e. The Morgan fingerprint density at radius 3 is 1.65 bits per heavy atom. The second kappa shape index (κ2) is 17.2. The highest BCUT2D eigenvalue weighted by Crippen LogP contribution is 2.35. The van der Waals surface area contributed by atoms with Crippen molar-refractivity contribution in [2.45, 2.75) is 78.1 Å². The number of unbranched alkanes of at least 4 members (excludes halogenated alkanes) is 6. The van der Waals surface area contributed by atoms with E-state index in [0.717, 1.165) is 39.0 Å². The maximum atomic E-state index is 5.90. The third-order valence-corrected chi connectivity index (χ3v) is 8.83. The molecular weight excluding hydrogens is 526 g/mol. The van der Waals surface area contributed by atoms with Gasteiger partial charge >= 0.3 is 0 Å². The standard InChI is InChI=1S/C38H56N5/c1-4-6-8-13-25-42(26-14-9-7-5-2)32-19-21-34-35-22-20-33(43(27-15-23-39)28-16-24-40)30-37(35)41(3)38(36(34)29-32)31-17-11-10-12-18-31/h10-12,17-22,29-30H,4-9,13-16,23-28,39-40H2,1-3H3/q+1. The van der Waals surface area contributed by atoms with E-state index in [4.69, 9.17) is 11.5 Å². The van der Waals surface area contributed by atoms with Crippen LogP contribution in [0.3, 0.4) is 0 Å². The molecule has 4 N–H and O–H groups in total. The first-order valence-corrected chi connectivity index (χ1v) is 17.0. The van der Waals surface area contributed by atoms with E-state index >= 15 is 0 Å². The van der Waals surface area contributed by atoms with Gasteiger partial charge in [-0.2, -0.15) is 4.57 Å². The van der Waals surface area contributed by atoms with Gasteiger partial charge in [0.2, 0.25) is 11.2 Å². The van der Waals surface area contributed by atoms with Gasteiger partial charge in [-0.1, -0.05) is 76.6 Å². The highest BCUT2D eigenvalue weighted by atomic mass is 15.1. The predicted molar refractivity (Wildman–Crippen MR) is 188 cm³/mol. The number of aryl methyl sites for hydroxylation is 1. The van der Waals surface area contributed by atoms with E-state index in [1.165, 1.54) is 95.7 Å². The summed E-state index contributed by atoms with van der Waals surface area (Å²) in [6, 6.07) is 25.1. The van der Waals surface area contributed by atoms with Gasteiger partial charge in [-0.25, -0.2) is 0 Å². The third kappa shape index (κ3) is 8.49. The van der Waals surface area contributed by atoms with Crippen molar-refractivity contribution in [3.63, 3.8) is 0 Å². The number of benzene rings is 3. The van der Waals surface area contributed by atoms with E-state index in [9.17, 15) is 0 Å². The second-order valence-corrected chi connectivity index (χ2v) is 12.1. The van der Waals surface area contributed by atoms with Gasteiger partial charge in [0.1, 0.15) is 7.05 Å². The van der Waals surface area contributed by atoms with Crippen LogP contribution >= 0.6 is 0 Å². The van der Waals surface area contributed by atoms with Crippen molar-refractivity contribution >= 4 is 33.1 Å². The summed E-state index contributed by atoms with van der Waals surface area (Å²) in [4.78, 5) is 5.10. The lowest BCUT2D eigenvalue weighted by Crippen LogP contribution is -2.33. The fraction of sp³-hybridized carbons (Fsp3) is 0.500. The largest absolute Gasteiger partial charge is 0.372 e. The average Bonchev–Trinajstić information content (AvgIpc) is 3.04. The zero-order chi connectivity index (χ0) is 30.4. The van der Waals surface area contributed by atoms with Crippen molar-refractivity contribution in [1.29, 1.82) is 0 Å². The Balaban J connectivity index is 1.84. The van der Waals surface area contributed by atoms with E-state index in [2.05, 4.69) is 102 Å². The predicted octanol–water partition coefficient (Wildman–Crippen LogP) is 7.96. The van der Waals surface area contributed by atoms with Crippen molar-refractivity contribution in [3.05, 3.63) is 66.7 Å². The summed E-state index contributed by atoms with van der Waals surface area (Å²) >= 11 is 0. The zero-order valence-electron chi connectivity index (χ0n) is 27.2. The Labute approximate surface area is 260 Å². The number of hydrogen-bond donors (Lipinski definition) is 2. The molecule has 0 unspecified atom stereocenters. The molecule has 0 amide bonds. The second-order valence-electron chi connectivity index (χ2n) is 12.1. The number of nitrogens with zero attached hydrogens (tertiary/aromatic N) is 3. The molecule has 1 heterocycles. The first kappa shape index (κ1) is 32.8. The minimum atomic E-state index is 0.694. The van der Waals surface area contributed by atoms with Gasteiger partial charge in [-0.05, 0) is 75.2 Å². The van der Waals surface area contributed by atoms with Gasteiger partial charge in [0.15, 0.2) is 0 Å². The summed E-state index contributed by atoms with van der Waals surface area (Å²) in [5.74, 6) is 0. The lowest BCUT2D eigenvalue weighted by molar-refractivity contribution is -0.632. The lowest BCUT2D eigenvalue weighted by atomic mass is 9.98. The van der Waals surface area contributed by atoms with Gasteiger partial charge in [0, 0.05) is 54.6 Å². The number of nitrogens with two attached hydrogens (primary N) is 2. The molecule has 0 saturated heterocycles. The van der Waals surface area contributed by atoms with Crippen molar-refractivity contribution < 1.29 is 4.57 Å². The highest BCUT2D eigenvalue weighted by molar-refractivity contribution is 6.10. The molecule has 3 aromatic carbocycles. The van der Waals surface area contributed by atoms with Crippen molar-refractivity contribution in [3.8, 4) is 11.3 Å². The highest BCUT2D eigenvalue weighted by Gasteiger charge is 2.23. The molecule has 0 saturated carbocycles. The van der Waals surface area contributed by atoms with Crippen LogP contribution in [0.25, 0.3) is 32.9 Å². The van der Waals surface area contributed by atoms with Crippen LogP contribution in [0, 0.1) is 0 Å². The number of rotatable bonds is 19. The van der Waals surface area contributed by atoms with Crippen molar-refractivity contribution in [2.24, 2.45) is 18.5 Å². The van der Waals surface area contributed by atoms with Gasteiger partial charge < -0.3 is 21.3 Å². The Morgan fingerprint density at radius 1 is 0.558 bits per heavy atom. The van der Waals surface area contributed by atoms with E-state index in [0.29, 0.717) is 13.1 Å². The van der Waals surface area contributed by atoms with Crippen LogP contribution in [0.5, 0.6) is 0 Å². The van der Waals surface area contributed by atoms with Gasteiger partial charge in [-0.15, -0.1) is 0 Å². The van der Waals surface area contributed by atoms with Crippen LogP contribution in [0.1, 0.15) is 78.1 Å². The van der Waals surface area contributed by atoms with Crippen LogP contribution in [0.2, 0.25) is 0 Å². The Hall–Kier alpha value is -3.15. The average molecular weight is 583 g/mol. The summed E-state index contributed by atoms with van der Waals surface area (Å²) < 4.78 is 2.41. The lowest BCUT2D eigenvalue weighted by Gasteiger charge is -2.26. The minimum absolute atomic E-state index is 0.694. The summed E-state index contributed by atoms with van der Waals surface area (Å²) in [5.41, 5.74) is 18.2. The SMILES string of the molecule is CCCCCCN(CCCCCC)c1ccc2c(c1)c(-c1ccccc1)[n+](C)c1cc(N(CCCN)CCCN)ccc21. The zero-order valence-corrected chi connectivity index (χ0v) is 27.2. The first-order valence-electron chi connectivity index (χ1n) is 17.0. The van der Waals surface area contributed by atoms with Gasteiger partial charge in [-0.3, -0.25) is 0 Å². The van der Waals surface area contributed by atoms with E-state index < -0.39 is 0 Å². The number of anilines is 2. The molecule has 5 heteroatoms. The third-order valence-electron chi connectivity index (χ3n) is 8.83. The fourth-order valence-corrected chi connectivity index (χ4v) is 6.39. The molecule has 0 fully saturated rings. The first-order chi connectivity index (χ1) is 21.1. The van der Waals surface area contributed by atoms with Crippen LogP contribution in [-0.4, -0.2) is 39.3 Å². The molecule has 0 aliphatic heterocycles. The molecule has 0 aliphatic carbocycles. The normalized spacial score (nSPS) is 11.5. The van der Waals surface area contributed by atoms with Crippen LogP contribution in [0.15, 0.2) is 66.7 Å². The number of fused-ring (bicyclic) bond motifs is 3. The minimum Gasteiger partial charge on any atom is -0.372 e. The molecule has 232 valence electrons. The maximum absolute atomic E-state index is 5.90. The number of pyridine rings is 1. The smallest absolute Gasteiger partial charge is 0.220 e. The molecule has 0 radical (unpaired) electrons. The van der Waals surface area contributed by atoms with E-state index in [-0.39, 0.29) is 0 Å². The van der Waals surface area contributed by atoms with Crippen molar-refractivity contribution in [2.75, 3.05) is 49.1 Å². The molecule has 0 aliphatic rings. The van der Waals surface area contributed by atoms with E-state index in [1.807, 2.05) is 0 Å². The van der Waals surface area contributed by atoms with Crippen molar-refractivity contribution in [1.82, 2.24) is 0 Å². The topological polar surface area (TPSA) is 62.4 Å². The molecule has 4 rings (SSSR count). The molecule has 4 aromatic rings. The quantitative estimate of drug-likeness (QED) is 0.0669. The van der Waals surface area contributed by atoms with Crippen LogP contribution in [-0.2, 0) is 7.05 Å². The molecule has 0 spiro atoms. The molecule has 5 nitrogen and oxygen atoms in total. The van der Waals surface area contributed by atoms with Crippen LogP contribution < -0.4 is 25.8 Å². The monoisotopic (exact) mass is 582 g/mol. The molecular formula is C38H56N5+. The molecule has 0 bridgehead atoms. The fourth-order valence-electron chi connectivity index (χ4n) is 6.39. The molecule has 0 atom stereocenters. The summed E-state index contributed by atoms with van der Waals surface area (Å²) in [5, 5.41) is 3.93. The number of aromatic nitrogens is 1. The van der Waals surface area contributed by atoms with E-state index in [1.54, 1.807) is 0 Å². The molecule has 1 aromatic heterocycles. The Morgan fingerprint density at radius 2 is 1.09 bits per heavy atom. The summed E-state index contributed by atoms with van der Waals surface area (Å²) in [7, 11) is 2.23. The molecule has 43 heavy (non-hydrogen) atoms. The van der Waals surface area contributed by atoms with Gasteiger partial charge in [0.25, 0.3) is 0 Å². The van der Waals surface area contributed by atoms with Crippen LogP contribution in [0.4, 0.5) is 11.4 Å². The Bertz CT molecular complexity index is 1380. The summed E-state index contributed by atoms with van der Waals surface area (Å²) in [6.45, 7) is 10.1. The van der Waals surface area contributed by atoms with Gasteiger partial charge in [0.05, 0.1) is 10.8 Å². The number of hydrogen-bond acceptors (Lipinski definition) is 4. The summed E-state index contributed by atoms with van der Waals surface area (Å²) in [6.07, 6.45) is 12.2. The Kier molecular flexibility index (Phi) is 13.1.